The van der Waals surface area contributed by atoms with Gasteiger partial charge >= 0.3 is 0 Å². The molecule has 2 rings (SSSR count). The number of piperidine rings is 1. The van der Waals surface area contributed by atoms with E-state index >= 15 is 0 Å². The van der Waals surface area contributed by atoms with E-state index in [2.05, 4.69) is 4.98 Å². The van der Waals surface area contributed by atoms with E-state index in [-0.39, 0.29) is 11.5 Å². The molecule has 0 radical (unpaired) electrons. The van der Waals surface area contributed by atoms with Crippen LogP contribution in [0.2, 0.25) is 0 Å². The zero-order valence-electron chi connectivity index (χ0n) is 12.8. The number of nitrogens with zero attached hydrogens (tertiary/aromatic N) is 2. The highest BCUT2D eigenvalue weighted by Crippen LogP contribution is 2.31. The van der Waals surface area contributed by atoms with Gasteiger partial charge in [-0.3, -0.25) is 4.98 Å². The normalized spacial score (nSPS) is 18.8. The van der Waals surface area contributed by atoms with E-state index in [9.17, 15) is 9.50 Å². The smallest absolute Gasteiger partial charge is 0.166 e. The van der Waals surface area contributed by atoms with Crippen LogP contribution in [0.4, 0.5) is 15.8 Å². The Balaban J connectivity index is 1.97. The van der Waals surface area contributed by atoms with Crippen LogP contribution in [0.25, 0.3) is 0 Å². The highest BCUT2D eigenvalue weighted by atomic mass is 19.1. The number of halogens is 1. The van der Waals surface area contributed by atoms with Gasteiger partial charge in [-0.15, -0.1) is 0 Å². The average Bonchev–Trinajstić information content (AvgIpc) is 2.37. The fourth-order valence-electron chi connectivity index (χ4n) is 2.64. The van der Waals surface area contributed by atoms with Crippen molar-refractivity contribution in [3.05, 3.63) is 18.2 Å². The molecule has 0 bridgehead atoms. The number of ether oxygens (including phenoxy) is 1. The lowest BCUT2D eigenvalue weighted by Crippen LogP contribution is -2.41. The van der Waals surface area contributed by atoms with Crippen LogP contribution < -0.4 is 10.6 Å². The number of hydrogen-bond donors (Lipinski definition) is 2. The van der Waals surface area contributed by atoms with Crippen LogP contribution in [0, 0.1) is 11.7 Å². The molecule has 1 aromatic rings. The molecule has 21 heavy (non-hydrogen) atoms. The van der Waals surface area contributed by atoms with Crippen molar-refractivity contribution in [1.82, 2.24) is 4.98 Å². The number of rotatable bonds is 3. The fourth-order valence-corrected chi connectivity index (χ4v) is 2.64. The Bertz CT molecular complexity index is 462. The van der Waals surface area contributed by atoms with E-state index in [4.69, 9.17) is 10.5 Å². The zero-order chi connectivity index (χ0) is 15.6. The first-order chi connectivity index (χ1) is 9.78. The minimum absolute atomic E-state index is 0.0617. The van der Waals surface area contributed by atoms with Crippen LogP contribution in [-0.4, -0.2) is 35.1 Å². The summed E-state index contributed by atoms with van der Waals surface area (Å²) in [6.07, 6.45) is 3.32. The van der Waals surface area contributed by atoms with Gasteiger partial charge in [-0.2, -0.15) is 0 Å². The molecule has 0 spiro atoms. The largest absolute Gasteiger partial charge is 0.396 e. The second-order valence-corrected chi connectivity index (χ2v) is 6.50. The molecule has 1 saturated heterocycles. The second-order valence-electron chi connectivity index (χ2n) is 6.50. The van der Waals surface area contributed by atoms with Gasteiger partial charge < -0.3 is 20.5 Å². The van der Waals surface area contributed by atoms with Gasteiger partial charge in [0.1, 0.15) is 0 Å². The van der Waals surface area contributed by atoms with Crippen LogP contribution in [0.1, 0.15) is 33.6 Å². The van der Waals surface area contributed by atoms with E-state index in [0.717, 1.165) is 12.8 Å². The van der Waals surface area contributed by atoms with Gasteiger partial charge in [-0.05, 0) is 33.6 Å². The molecule has 0 saturated carbocycles. The number of aliphatic hydroxyl groups is 1. The van der Waals surface area contributed by atoms with E-state index in [1.54, 1.807) is 0 Å². The summed E-state index contributed by atoms with van der Waals surface area (Å²) in [7, 11) is 0. The Morgan fingerprint density at radius 2 is 2.00 bits per heavy atom. The minimum Gasteiger partial charge on any atom is -0.396 e. The summed E-state index contributed by atoms with van der Waals surface area (Å²) in [6.45, 7) is 7.02. The lowest BCUT2D eigenvalue weighted by atomic mass is 9.95. The van der Waals surface area contributed by atoms with E-state index in [1.165, 1.54) is 12.4 Å². The maximum Gasteiger partial charge on any atom is 0.166 e. The summed E-state index contributed by atoms with van der Waals surface area (Å²) in [6, 6.07) is 0. The highest BCUT2D eigenvalue weighted by Gasteiger charge is 2.30. The van der Waals surface area contributed by atoms with E-state index < -0.39 is 12.1 Å². The van der Waals surface area contributed by atoms with Crippen molar-refractivity contribution in [3.63, 3.8) is 0 Å². The van der Waals surface area contributed by atoms with Crippen molar-refractivity contribution in [2.45, 2.75) is 45.5 Å². The molecular formula is C15H24FN3O2. The summed E-state index contributed by atoms with van der Waals surface area (Å²) in [5.41, 5.74) is 6.19. The standard InChI is InChI=1S/C15H24FN3O2/c1-15(2,3)21-14(20)10-4-6-19(7-5-10)13-11(16)8-18-9-12(13)17/h8-10,14,20H,4-7,17H2,1-3H3. The molecule has 0 aromatic carbocycles. The molecule has 6 heteroatoms. The molecule has 0 amide bonds. The average molecular weight is 297 g/mol. The third-order valence-electron chi connectivity index (χ3n) is 3.63. The SMILES string of the molecule is CC(C)(C)OC(O)C1CCN(c2c(N)cncc2F)CC1. The molecule has 3 N–H and O–H groups in total. The van der Waals surface area contributed by atoms with Gasteiger partial charge in [0.25, 0.3) is 0 Å². The quantitative estimate of drug-likeness (QED) is 0.837. The molecule has 1 aliphatic rings. The van der Waals surface area contributed by atoms with Gasteiger partial charge in [0.05, 0.1) is 29.4 Å². The molecule has 1 aromatic heterocycles. The predicted octanol–water partition coefficient (Wildman–Crippen LogP) is 2.15. The first kappa shape index (κ1) is 16.0. The van der Waals surface area contributed by atoms with E-state index in [0.29, 0.717) is 24.5 Å². The van der Waals surface area contributed by atoms with Gasteiger partial charge in [0.15, 0.2) is 12.1 Å². The number of hydrogen-bond acceptors (Lipinski definition) is 5. The van der Waals surface area contributed by atoms with Crippen molar-refractivity contribution in [2.75, 3.05) is 23.7 Å². The van der Waals surface area contributed by atoms with Crippen LogP contribution in [0.3, 0.4) is 0 Å². The third-order valence-corrected chi connectivity index (χ3v) is 3.63. The van der Waals surface area contributed by atoms with Gasteiger partial charge in [-0.25, -0.2) is 4.39 Å². The Hall–Kier alpha value is -1.40. The van der Waals surface area contributed by atoms with Gasteiger partial charge in [0, 0.05) is 19.0 Å². The van der Waals surface area contributed by atoms with Crippen molar-refractivity contribution < 1.29 is 14.2 Å². The molecular weight excluding hydrogens is 273 g/mol. The molecule has 1 unspecified atom stereocenters. The number of nitrogens with two attached hydrogens (primary N) is 1. The van der Waals surface area contributed by atoms with Gasteiger partial charge in [-0.1, -0.05) is 0 Å². The predicted molar refractivity (Wildman–Crippen MR) is 80.4 cm³/mol. The summed E-state index contributed by atoms with van der Waals surface area (Å²) < 4.78 is 19.4. The number of nitrogen functional groups attached to an aromatic ring is 1. The Labute approximate surface area is 124 Å². The van der Waals surface area contributed by atoms with Crippen molar-refractivity contribution in [2.24, 2.45) is 5.92 Å². The zero-order valence-corrected chi connectivity index (χ0v) is 12.8. The first-order valence-corrected chi connectivity index (χ1v) is 7.28. The summed E-state index contributed by atoms with van der Waals surface area (Å²) in [4.78, 5) is 5.65. The van der Waals surface area contributed by atoms with Crippen molar-refractivity contribution in [1.29, 1.82) is 0 Å². The molecule has 1 atom stereocenters. The second kappa shape index (κ2) is 6.15. The Morgan fingerprint density at radius 3 is 2.52 bits per heavy atom. The first-order valence-electron chi connectivity index (χ1n) is 7.28. The monoisotopic (exact) mass is 297 g/mol. The summed E-state index contributed by atoms with van der Waals surface area (Å²) in [5.74, 6) is -0.341. The Kier molecular flexibility index (Phi) is 4.68. The lowest BCUT2D eigenvalue weighted by Gasteiger charge is -2.37. The van der Waals surface area contributed by atoms with Crippen LogP contribution in [0.15, 0.2) is 12.4 Å². The maximum absolute atomic E-state index is 13.9. The molecule has 0 aliphatic carbocycles. The third kappa shape index (κ3) is 4.04. The number of pyridine rings is 1. The molecule has 118 valence electrons. The van der Waals surface area contributed by atoms with Gasteiger partial charge in [0.2, 0.25) is 0 Å². The van der Waals surface area contributed by atoms with Crippen LogP contribution >= 0.6 is 0 Å². The minimum atomic E-state index is -0.785. The number of aliphatic hydroxyl groups excluding tert-OH is 1. The maximum atomic E-state index is 13.9. The van der Waals surface area contributed by atoms with E-state index in [1.807, 2.05) is 25.7 Å². The molecule has 5 nitrogen and oxygen atoms in total. The van der Waals surface area contributed by atoms with Crippen LogP contribution in [0.5, 0.6) is 0 Å². The topological polar surface area (TPSA) is 71.6 Å². The van der Waals surface area contributed by atoms with Crippen molar-refractivity contribution in [3.8, 4) is 0 Å². The number of anilines is 2. The summed E-state index contributed by atoms with van der Waals surface area (Å²) >= 11 is 0. The van der Waals surface area contributed by atoms with Crippen molar-refractivity contribution >= 4 is 11.4 Å². The highest BCUT2D eigenvalue weighted by molar-refractivity contribution is 5.66. The lowest BCUT2D eigenvalue weighted by molar-refractivity contribution is -0.194. The molecule has 1 fully saturated rings. The number of aromatic nitrogens is 1. The Morgan fingerprint density at radius 1 is 1.38 bits per heavy atom. The van der Waals surface area contributed by atoms with Crippen LogP contribution in [-0.2, 0) is 4.74 Å². The molecule has 1 aliphatic heterocycles. The molecule has 2 heterocycles. The summed E-state index contributed by atoms with van der Waals surface area (Å²) in [5, 5.41) is 10.1. The fraction of sp³-hybridized carbons (Fsp3) is 0.667.